The van der Waals surface area contributed by atoms with E-state index in [-0.39, 0.29) is 5.91 Å². The van der Waals surface area contributed by atoms with E-state index in [1.807, 2.05) is 19.1 Å². The molecule has 0 aliphatic heterocycles. The molecule has 21 heavy (non-hydrogen) atoms. The molecule has 0 atom stereocenters. The number of carbonyl (C=O) groups excluding carboxylic acids is 1. The van der Waals surface area contributed by atoms with E-state index in [1.54, 1.807) is 35.3 Å². The monoisotopic (exact) mass is 282 g/mol. The van der Waals surface area contributed by atoms with Crippen LogP contribution in [0.5, 0.6) is 0 Å². The molecule has 4 N–H and O–H groups in total. The minimum Gasteiger partial charge on any atom is -0.399 e. The number of H-pyrrole nitrogens is 1. The molecule has 0 unspecified atom stereocenters. The van der Waals surface area contributed by atoms with E-state index in [0.29, 0.717) is 17.2 Å². The highest BCUT2D eigenvalue weighted by Crippen LogP contribution is 2.13. The van der Waals surface area contributed by atoms with Gasteiger partial charge < -0.3 is 11.1 Å². The predicted molar refractivity (Wildman–Crippen MR) is 79.3 cm³/mol. The summed E-state index contributed by atoms with van der Waals surface area (Å²) >= 11 is 0. The number of anilines is 2. The van der Waals surface area contributed by atoms with Gasteiger partial charge >= 0.3 is 0 Å². The van der Waals surface area contributed by atoms with Crippen LogP contribution in [0.3, 0.4) is 0 Å². The van der Waals surface area contributed by atoms with Gasteiger partial charge in [0.25, 0.3) is 5.91 Å². The van der Waals surface area contributed by atoms with Gasteiger partial charge in [-0.1, -0.05) is 0 Å². The third-order valence-corrected chi connectivity index (χ3v) is 3.05. The average molecular weight is 282 g/mol. The molecular formula is C14H14N6O. The summed E-state index contributed by atoms with van der Waals surface area (Å²) in [5, 5.41) is 13.6. The first-order chi connectivity index (χ1) is 10.1. The van der Waals surface area contributed by atoms with Gasteiger partial charge in [0, 0.05) is 17.4 Å². The fraction of sp³-hybridized carbons (Fsp3) is 0.0714. The standard InChI is InChI=1S/C14H14N6O/c1-9-8-16-18-13(9)17-14(21)12-6-7-20(19-12)11-4-2-10(15)3-5-11/h2-8H,15H2,1H3,(H2,16,17,18,21). The molecule has 1 aromatic carbocycles. The zero-order chi connectivity index (χ0) is 14.8. The average Bonchev–Trinajstić information content (AvgIpc) is 3.10. The Morgan fingerprint density at radius 1 is 1.29 bits per heavy atom. The summed E-state index contributed by atoms with van der Waals surface area (Å²) in [4.78, 5) is 12.1. The third-order valence-electron chi connectivity index (χ3n) is 3.05. The van der Waals surface area contributed by atoms with E-state index in [0.717, 1.165) is 11.3 Å². The summed E-state index contributed by atoms with van der Waals surface area (Å²) in [7, 11) is 0. The molecule has 1 amide bonds. The van der Waals surface area contributed by atoms with E-state index in [4.69, 9.17) is 5.73 Å². The van der Waals surface area contributed by atoms with Gasteiger partial charge in [-0.15, -0.1) is 0 Å². The molecule has 3 aromatic rings. The van der Waals surface area contributed by atoms with Crippen molar-refractivity contribution in [3.8, 4) is 5.69 Å². The molecule has 0 bridgehead atoms. The highest BCUT2D eigenvalue weighted by atomic mass is 16.2. The molecule has 0 aliphatic carbocycles. The number of rotatable bonds is 3. The summed E-state index contributed by atoms with van der Waals surface area (Å²) in [6.45, 7) is 1.85. The SMILES string of the molecule is Cc1cn[nH]c1NC(=O)c1ccn(-c2ccc(N)cc2)n1. The number of hydrogen-bond donors (Lipinski definition) is 3. The Morgan fingerprint density at radius 2 is 2.05 bits per heavy atom. The van der Waals surface area contributed by atoms with Crippen molar-refractivity contribution in [3.05, 3.63) is 54.0 Å². The third kappa shape index (κ3) is 2.62. The van der Waals surface area contributed by atoms with Crippen LogP contribution in [-0.2, 0) is 0 Å². The molecule has 7 nitrogen and oxygen atoms in total. The molecule has 0 fully saturated rings. The highest BCUT2D eigenvalue weighted by molar-refractivity contribution is 6.02. The second-order valence-corrected chi connectivity index (χ2v) is 4.62. The molecule has 3 rings (SSSR count). The lowest BCUT2D eigenvalue weighted by Gasteiger charge is -2.02. The van der Waals surface area contributed by atoms with E-state index in [2.05, 4.69) is 20.6 Å². The normalized spacial score (nSPS) is 10.5. The molecule has 2 aromatic heterocycles. The topological polar surface area (TPSA) is 102 Å². The zero-order valence-electron chi connectivity index (χ0n) is 11.4. The van der Waals surface area contributed by atoms with Crippen LogP contribution in [0.4, 0.5) is 11.5 Å². The summed E-state index contributed by atoms with van der Waals surface area (Å²) in [6.07, 6.45) is 3.36. The van der Waals surface area contributed by atoms with Crippen LogP contribution in [0.25, 0.3) is 5.69 Å². The van der Waals surface area contributed by atoms with Crippen LogP contribution in [0, 0.1) is 6.92 Å². The second kappa shape index (κ2) is 5.12. The van der Waals surface area contributed by atoms with E-state index >= 15 is 0 Å². The number of aromatic amines is 1. The fourth-order valence-electron chi connectivity index (χ4n) is 1.87. The Balaban J connectivity index is 1.80. The van der Waals surface area contributed by atoms with Crippen molar-refractivity contribution < 1.29 is 4.79 Å². The molecule has 0 radical (unpaired) electrons. The fourth-order valence-corrected chi connectivity index (χ4v) is 1.87. The van der Waals surface area contributed by atoms with Gasteiger partial charge in [-0.05, 0) is 37.3 Å². The highest BCUT2D eigenvalue weighted by Gasteiger charge is 2.12. The number of nitrogen functional groups attached to an aromatic ring is 1. The van der Waals surface area contributed by atoms with E-state index < -0.39 is 0 Å². The molecule has 0 saturated heterocycles. The lowest BCUT2D eigenvalue weighted by molar-refractivity contribution is 0.102. The van der Waals surface area contributed by atoms with Crippen molar-refractivity contribution in [2.45, 2.75) is 6.92 Å². The lowest BCUT2D eigenvalue weighted by Crippen LogP contribution is -2.14. The number of nitrogens with two attached hydrogens (primary N) is 1. The lowest BCUT2D eigenvalue weighted by atomic mass is 10.3. The van der Waals surface area contributed by atoms with Crippen LogP contribution in [0.15, 0.2) is 42.7 Å². The number of aromatic nitrogens is 4. The smallest absolute Gasteiger partial charge is 0.277 e. The number of benzene rings is 1. The molecule has 0 saturated carbocycles. The van der Waals surface area contributed by atoms with Crippen molar-refractivity contribution in [2.75, 3.05) is 11.1 Å². The van der Waals surface area contributed by atoms with Gasteiger partial charge in [0.05, 0.1) is 11.9 Å². The van der Waals surface area contributed by atoms with Gasteiger partial charge in [-0.2, -0.15) is 10.2 Å². The number of amides is 1. The summed E-state index contributed by atoms with van der Waals surface area (Å²) in [5.41, 5.74) is 8.34. The van der Waals surface area contributed by atoms with Crippen molar-refractivity contribution in [1.29, 1.82) is 0 Å². The Bertz CT molecular complexity index is 771. The summed E-state index contributed by atoms with van der Waals surface area (Å²) in [5.74, 6) is 0.276. The van der Waals surface area contributed by atoms with Gasteiger partial charge in [0.1, 0.15) is 5.82 Å². The second-order valence-electron chi connectivity index (χ2n) is 4.62. The minimum absolute atomic E-state index is 0.295. The first-order valence-electron chi connectivity index (χ1n) is 6.36. The number of nitrogens with zero attached hydrogens (tertiary/aromatic N) is 3. The Labute approximate surface area is 120 Å². The van der Waals surface area contributed by atoms with Gasteiger partial charge in [0.15, 0.2) is 5.69 Å². The van der Waals surface area contributed by atoms with Gasteiger partial charge in [-0.3, -0.25) is 9.89 Å². The van der Waals surface area contributed by atoms with Crippen LogP contribution < -0.4 is 11.1 Å². The Morgan fingerprint density at radius 3 is 2.71 bits per heavy atom. The van der Waals surface area contributed by atoms with Crippen LogP contribution in [0.1, 0.15) is 16.1 Å². The molecule has 106 valence electrons. The molecule has 7 heteroatoms. The summed E-state index contributed by atoms with van der Waals surface area (Å²) < 4.78 is 1.62. The van der Waals surface area contributed by atoms with Crippen molar-refractivity contribution in [1.82, 2.24) is 20.0 Å². The maximum atomic E-state index is 12.1. The van der Waals surface area contributed by atoms with Crippen LogP contribution in [0.2, 0.25) is 0 Å². The maximum absolute atomic E-state index is 12.1. The van der Waals surface area contributed by atoms with E-state index in [1.165, 1.54) is 0 Å². The van der Waals surface area contributed by atoms with Crippen LogP contribution in [-0.4, -0.2) is 25.9 Å². The number of nitrogens with one attached hydrogen (secondary N) is 2. The van der Waals surface area contributed by atoms with E-state index in [9.17, 15) is 4.79 Å². The summed E-state index contributed by atoms with van der Waals surface area (Å²) in [6, 6.07) is 8.89. The molecule has 0 spiro atoms. The van der Waals surface area contributed by atoms with Crippen molar-refractivity contribution in [3.63, 3.8) is 0 Å². The first kappa shape index (κ1) is 12.9. The minimum atomic E-state index is -0.295. The number of hydrogen-bond acceptors (Lipinski definition) is 4. The molecular weight excluding hydrogens is 268 g/mol. The van der Waals surface area contributed by atoms with Crippen molar-refractivity contribution >= 4 is 17.4 Å². The Hall–Kier alpha value is -3.09. The Kier molecular flexibility index (Phi) is 3.15. The maximum Gasteiger partial charge on any atom is 0.277 e. The number of aryl methyl sites for hydroxylation is 1. The largest absolute Gasteiger partial charge is 0.399 e. The predicted octanol–water partition coefficient (Wildman–Crippen LogP) is 1.74. The molecule has 0 aliphatic rings. The van der Waals surface area contributed by atoms with Crippen molar-refractivity contribution in [2.24, 2.45) is 0 Å². The van der Waals surface area contributed by atoms with Crippen LogP contribution >= 0.6 is 0 Å². The number of carbonyl (C=O) groups is 1. The quantitative estimate of drug-likeness (QED) is 0.637. The first-order valence-corrected chi connectivity index (χ1v) is 6.36. The van der Waals surface area contributed by atoms with Gasteiger partial charge in [0.2, 0.25) is 0 Å². The zero-order valence-corrected chi connectivity index (χ0v) is 11.4. The molecule has 2 heterocycles. The van der Waals surface area contributed by atoms with Gasteiger partial charge in [-0.25, -0.2) is 4.68 Å².